The van der Waals surface area contributed by atoms with E-state index in [-0.39, 0.29) is 5.69 Å². The Morgan fingerprint density at radius 2 is 1.81 bits per heavy atom. The molecule has 0 unspecified atom stereocenters. The molecule has 1 aliphatic heterocycles. The number of nitrogens with zero attached hydrogens (tertiary/aromatic N) is 2. The molecular weight excluding hydrogens is 290 g/mol. The molecule has 116 valence electrons. The highest BCUT2D eigenvalue weighted by Crippen LogP contribution is 2.25. The van der Waals surface area contributed by atoms with Crippen molar-refractivity contribution in [3.8, 4) is 0 Å². The number of halogens is 4. The number of likely N-dealkylation sites (N-methyl/N-ethyl adjacent to an activating group) is 1. The number of hydrogen-bond donors (Lipinski definition) is 1. The maximum absolute atomic E-state index is 14.0. The van der Waals surface area contributed by atoms with Crippen molar-refractivity contribution in [3.63, 3.8) is 0 Å². The molecule has 1 saturated heterocycles. The number of carbonyl (C=O) groups is 1. The van der Waals surface area contributed by atoms with E-state index in [2.05, 4.69) is 4.90 Å². The van der Waals surface area contributed by atoms with E-state index in [4.69, 9.17) is 0 Å². The van der Waals surface area contributed by atoms with Crippen LogP contribution in [-0.4, -0.2) is 50.2 Å². The van der Waals surface area contributed by atoms with Crippen molar-refractivity contribution >= 4 is 17.3 Å². The number of carbonyl (C=O) groups excluding carboxylic acids is 1. The Morgan fingerprint density at radius 1 is 1.19 bits per heavy atom. The maximum atomic E-state index is 14.0. The lowest BCUT2D eigenvalue weighted by atomic mass is 10.2. The molecule has 0 bridgehead atoms. The molecule has 0 saturated carbocycles. The summed E-state index contributed by atoms with van der Waals surface area (Å²) in [5, 5.41) is 1.63. The van der Waals surface area contributed by atoms with Gasteiger partial charge in [0.25, 0.3) is 0 Å². The zero-order valence-corrected chi connectivity index (χ0v) is 11.4. The van der Waals surface area contributed by atoms with Crippen molar-refractivity contribution < 1.29 is 22.4 Å². The van der Waals surface area contributed by atoms with E-state index in [0.29, 0.717) is 18.8 Å². The van der Waals surface area contributed by atoms with Crippen LogP contribution in [0.4, 0.5) is 28.9 Å². The van der Waals surface area contributed by atoms with Crippen LogP contribution in [-0.2, 0) is 4.79 Å². The molecule has 1 heterocycles. The standard InChI is InChI=1S/C13H15F4N3O/c1-19-4-6-20(7-5-19)11-3-2-9(8-10(11)14)18-12(21)13(15,16)17/h2-3,8H,4-7H2,1H3,(H,18,21). The molecule has 0 aromatic heterocycles. The van der Waals surface area contributed by atoms with E-state index in [1.807, 2.05) is 11.9 Å². The molecule has 0 radical (unpaired) electrons. The van der Waals surface area contributed by atoms with Gasteiger partial charge in [-0.05, 0) is 25.2 Å². The molecule has 4 nitrogen and oxygen atoms in total. The molecule has 1 N–H and O–H groups in total. The first kappa shape index (κ1) is 15.6. The molecule has 8 heteroatoms. The summed E-state index contributed by atoms with van der Waals surface area (Å²) in [6, 6.07) is 3.55. The Morgan fingerprint density at radius 3 is 2.33 bits per heavy atom. The van der Waals surface area contributed by atoms with Gasteiger partial charge in [-0.15, -0.1) is 0 Å². The van der Waals surface area contributed by atoms with Crippen molar-refractivity contribution in [2.24, 2.45) is 0 Å². The number of nitrogens with one attached hydrogen (secondary N) is 1. The average Bonchev–Trinajstić information content (AvgIpc) is 2.39. The van der Waals surface area contributed by atoms with Crippen LogP contribution in [0, 0.1) is 5.82 Å². The predicted molar refractivity (Wildman–Crippen MR) is 70.8 cm³/mol. The molecule has 1 amide bonds. The quantitative estimate of drug-likeness (QED) is 0.850. The van der Waals surface area contributed by atoms with Gasteiger partial charge in [0.2, 0.25) is 0 Å². The average molecular weight is 305 g/mol. The molecule has 1 aromatic rings. The third-order valence-corrected chi connectivity index (χ3v) is 3.31. The highest BCUT2D eigenvalue weighted by molar-refractivity contribution is 5.95. The zero-order valence-electron chi connectivity index (χ0n) is 11.4. The monoisotopic (exact) mass is 305 g/mol. The van der Waals surface area contributed by atoms with Crippen LogP contribution in [0.1, 0.15) is 0 Å². The Kier molecular flexibility index (Phi) is 4.36. The minimum absolute atomic E-state index is 0.215. The van der Waals surface area contributed by atoms with Gasteiger partial charge in [-0.3, -0.25) is 4.79 Å². The molecular formula is C13H15F4N3O. The summed E-state index contributed by atoms with van der Waals surface area (Å²) in [6.45, 7) is 2.85. The summed E-state index contributed by atoms with van der Waals surface area (Å²) >= 11 is 0. The number of anilines is 2. The van der Waals surface area contributed by atoms with Gasteiger partial charge in [0, 0.05) is 31.9 Å². The maximum Gasteiger partial charge on any atom is 0.471 e. The van der Waals surface area contributed by atoms with E-state index in [0.717, 1.165) is 19.2 Å². The first-order valence-corrected chi connectivity index (χ1v) is 6.38. The Labute approximate surface area is 119 Å². The van der Waals surface area contributed by atoms with Crippen LogP contribution >= 0.6 is 0 Å². The topological polar surface area (TPSA) is 35.6 Å². The van der Waals surface area contributed by atoms with E-state index < -0.39 is 17.9 Å². The smallest absolute Gasteiger partial charge is 0.367 e. The lowest BCUT2D eigenvalue weighted by Gasteiger charge is -2.34. The van der Waals surface area contributed by atoms with Crippen molar-refractivity contribution in [2.45, 2.75) is 6.18 Å². The van der Waals surface area contributed by atoms with Gasteiger partial charge in [-0.1, -0.05) is 0 Å². The second kappa shape index (κ2) is 5.88. The van der Waals surface area contributed by atoms with Gasteiger partial charge < -0.3 is 15.1 Å². The summed E-state index contributed by atoms with van der Waals surface area (Å²) in [5.41, 5.74) is 0.112. The van der Waals surface area contributed by atoms with Crippen LogP contribution in [0.3, 0.4) is 0 Å². The molecule has 1 aromatic carbocycles. The summed E-state index contributed by atoms with van der Waals surface area (Å²) < 4.78 is 50.4. The highest BCUT2D eigenvalue weighted by atomic mass is 19.4. The minimum Gasteiger partial charge on any atom is -0.367 e. The third kappa shape index (κ3) is 3.84. The molecule has 0 aliphatic carbocycles. The summed E-state index contributed by atoms with van der Waals surface area (Å²) in [6.07, 6.45) is -4.99. The van der Waals surface area contributed by atoms with E-state index in [1.54, 1.807) is 5.32 Å². The summed E-state index contributed by atoms with van der Waals surface area (Å²) in [5.74, 6) is -2.77. The molecule has 2 rings (SSSR count). The van der Waals surface area contributed by atoms with Crippen LogP contribution < -0.4 is 10.2 Å². The fraction of sp³-hybridized carbons (Fsp3) is 0.462. The third-order valence-electron chi connectivity index (χ3n) is 3.31. The van der Waals surface area contributed by atoms with E-state index >= 15 is 0 Å². The van der Waals surface area contributed by atoms with Crippen LogP contribution in [0.15, 0.2) is 18.2 Å². The van der Waals surface area contributed by atoms with E-state index in [9.17, 15) is 22.4 Å². The van der Waals surface area contributed by atoms with Gasteiger partial charge >= 0.3 is 12.1 Å². The van der Waals surface area contributed by atoms with Gasteiger partial charge in [0.1, 0.15) is 5.82 Å². The van der Waals surface area contributed by atoms with Gasteiger partial charge in [0.05, 0.1) is 5.69 Å². The van der Waals surface area contributed by atoms with Crippen molar-refractivity contribution in [1.82, 2.24) is 4.90 Å². The molecule has 0 atom stereocenters. The first-order valence-electron chi connectivity index (χ1n) is 6.38. The van der Waals surface area contributed by atoms with Gasteiger partial charge in [0.15, 0.2) is 0 Å². The number of rotatable bonds is 2. The Balaban J connectivity index is 2.09. The predicted octanol–water partition coefficient (Wildman–Crippen LogP) is 2.08. The summed E-state index contributed by atoms with van der Waals surface area (Å²) in [4.78, 5) is 14.7. The van der Waals surface area contributed by atoms with Crippen LogP contribution in [0.25, 0.3) is 0 Å². The SMILES string of the molecule is CN1CCN(c2ccc(NC(=O)C(F)(F)F)cc2F)CC1. The Hall–Kier alpha value is -1.83. The van der Waals surface area contributed by atoms with Crippen molar-refractivity contribution in [3.05, 3.63) is 24.0 Å². The Bertz CT molecular complexity index is 525. The highest BCUT2D eigenvalue weighted by Gasteiger charge is 2.38. The van der Waals surface area contributed by atoms with Crippen molar-refractivity contribution in [1.29, 1.82) is 0 Å². The van der Waals surface area contributed by atoms with Gasteiger partial charge in [-0.2, -0.15) is 13.2 Å². The number of piperazine rings is 1. The molecule has 0 spiro atoms. The van der Waals surface area contributed by atoms with Crippen LogP contribution in [0.5, 0.6) is 0 Å². The number of alkyl halides is 3. The normalized spacial score (nSPS) is 16.9. The van der Waals surface area contributed by atoms with E-state index in [1.165, 1.54) is 12.1 Å². The van der Waals surface area contributed by atoms with Crippen molar-refractivity contribution in [2.75, 3.05) is 43.4 Å². The lowest BCUT2D eigenvalue weighted by molar-refractivity contribution is -0.167. The number of amides is 1. The first-order chi connectivity index (χ1) is 9.77. The molecule has 1 fully saturated rings. The van der Waals surface area contributed by atoms with Crippen LogP contribution in [0.2, 0.25) is 0 Å². The molecule has 1 aliphatic rings. The number of benzene rings is 1. The minimum atomic E-state index is -4.99. The second-order valence-corrected chi connectivity index (χ2v) is 4.91. The largest absolute Gasteiger partial charge is 0.471 e. The number of hydrogen-bond acceptors (Lipinski definition) is 3. The summed E-state index contributed by atoms with van der Waals surface area (Å²) in [7, 11) is 1.96. The fourth-order valence-electron chi connectivity index (χ4n) is 2.09. The molecule has 21 heavy (non-hydrogen) atoms. The zero-order chi connectivity index (χ0) is 15.6. The second-order valence-electron chi connectivity index (χ2n) is 4.91. The lowest BCUT2D eigenvalue weighted by Crippen LogP contribution is -2.44. The van der Waals surface area contributed by atoms with Gasteiger partial charge in [-0.25, -0.2) is 4.39 Å². The fourth-order valence-corrected chi connectivity index (χ4v) is 2.09.